The minimum absolute atomic E-state index is 0.204. The summed E-state index contributed by atoms with van der Waals surface area (Å²) < 4.78 is 5.97. The molecule has 2 unspecified atom stereocenters. The molecule has 3 aromatic rings. The summed E-state index contributed by atoms with van der Waals surface area (Å²) in [5.41, 5.74) is 2.46. The van der Waals surface area contributed by atoms with Crippen LogP contribution in [0.3, 0.4) is 0 Å². The van der Waals surface area contributed by atoms with Crippen LogP contribution < -0.4 is 4.90 Å². The number of hydrogen-bond acceptors (Lipinski definition) is 6. The largest absolute Gasteiger partial charge is 0.372 e. The average molecular weight is 381 g/mol. The number of thiophene rings is 1. The molecule has 0 radical (unpaired) electrons. The molecule has 0 spiro atoms. The summed E-state index contributed by atoms with van der Waals surface area (Å²) in [5.74, 6) is 1.86. The molecule has 1 aliphatic heterocycles. The van der Waals surface area contributed by atoms with Gasteiger partial charge in [-0.1, -0.05) is 0 Å². The fraction of sp³-hybridized carbons (Fsp3) is 0.476. The molecular formula is C21H24N4OS. The Balaban J connectivity index is 1.71. The van der Waals surface area contributed by atoms with Crippen LogP contribution in [0.2, 0.25) is 0 Å². The number of aromatic nitrogens is 3. The van der Waals surface area contributed by atoms with E-state index in [1.807, 2.05) is 29.7 Å². The van der Waals surface area contributed by atoms with E-state index in [0.29, 0.717) is 0 Å². The smallest absolute Gasteiger partial charge is 0.164 e. The second-order valence-electron chi connectivity index (χ2n) is 7.67. The predicted molar refractivity (Wildman–Crippen MR) is 110 cm³/mol. The molecule has 5 rings (SSSR count). The van der Waals surface area contributed by atoms with E-state index >= 15 is 0 Å². The quantitative estimate of drug-likeness (QED) is 0.665. The monoisotopic (exact) mass is 380 g/mol. The number of anilines is 1. The maximum absolute atomic E-state index is 5.97. The molecule has 0 aromatic carbocycles. The fourth-order valence-corrected chi connectivity index (χ4v) is 5.60. The van der Waals surface area contributed by atoms with Gasteiger partial charge in [0, 0.05) is 35.9 Å². The Morgan fingerprint density at radius 1 is 1.11 bits per heavy atom. The van der Waals surface area contributed by atoms with Gasteiger partial charge >= 0.3 is 0 Å². The van der Waals surface area contributed by atoms with Crippen LogP contribution in [-0.4, -0.2) is 40.2 Å². The molecule has 4 heterocycles. The first-order chi connectivity index (χ1) is 13.2. The van der Waals surface area contributed by atoms with Crippen molar-refractivity contribution in [1.29, 1.82) is 0 Å². The Morgan fingerprint density at radius 2 is 1.93 bits per heavy atom. The lowest BCUT2D eigenvalue weighted by molar-refractivity contribution is -0.00536. The average Bonchev–Trinajstić information content (AvgIpc) is 3.05. The molecular weight excluding hydrogens is 356 g/mol. The van der Waals surface area contributed by atoms with Gasteiger partial charge in [0.05, 0.1) is 17.6 Å². The highest BCUT2D eigenvalue weighted by atomic mass is 32.1. The Labute approximate surface area is 163 Å². The highest BCUT2D eigenvalue weighted by molar-refractivity contribution is 7.19. The molecule has 1 fully saturated rings. The summed E-state index contributed by atoms with van der Waals surface area (Å²) in [5, 5.41) is 1.28. The van der Waals surface area contributed by atoms with Crippen LogP contribution in [0.15, 0.2) is 24.5 Å². The minimum Gasteiger partial charge on any atom is -0.372 e. The molecule has 6 heteroatoms. The molecule has 0 amide bonds. The summed E-state index contributed by atoms with van der Waals surface area (Å²) >= 11 is 1.86. The van der Waals surface area contributed by atoms with E-state index < -0.39 is 0 Å². The topological polar surface area (TPSA) is 51.1 Å². The van der Waals surface area contributed by atoms with Crippen LogP contribution in [-0.2, 0) is 17.6 Å². The summed E-state index contributed by atoms with van der Waals surface area (Å²) in [6.45, 7) is 6.03. The van der Waals surface area contributed by atoms with Gasteiger partial charge in [-0.2, -0.15) is 0 Å². The molecule has 1 saturated heterocycles. The van der Waals surface area contributed by atoms with E-state index in [1.165, 1.54) is 35.1 Å². The number of ether oxygens (including phenoxy) is 1. The molecule has 5 nitrogen and oxygen atoms in total. The van der Waals surface area contributed by atoms with Gasteiger partial charge in [0.25, 0.3) is 0 Å². The van der Waals surface area contributed by atoms with E-state index in [9.17, 15) is 0 Å². The predicted octanol–water partition coefficient (Wildman–Crippen LogP) is 4.25. The van der Waals surface area contributed by atoms with E-state index in [-0.39, 0.29) is 12.2 Å². The maximum atomic E-state index is 5.97. The summed E-state index contributed by atoms with van der Waals surface area (Å²) in [7, 11) is 0. The maximum Gasteiger partial charge on any atom is 0.164 e. The van der Waals surface area contributed by atoms with Crippen LogP contribution in [0.25, 0.3) is 21.6 Å². The number of morpholine rings is 1. The van der Waals surface area contributed by atoms with E-state index in [0.717, 1.165) is 41.5 Å². The van der Waals surface area contributed by atoms with Crippen LogP contribution in [0, 0.1) is 0 Å². The molecule has 2 atom stereocenters. The van der Waals surface area contributed by atoms with Crippen molar-refractivity contribution in [3.8, 4) is 11.4 Å². The van der Waals surface area contributed by atoms with Crippen LogP contribution >= 0.6 is 11.3 Å². The van der Waals surface area contributed by atoms with Gasteiger partial charge < -0.3 is 9.64 Å². The Kier molecular flexibility index (Phi) is 4.32. The van der Waals surface area contributed by atoms with Gasteiger partial charge in [-0.05, 0) is 57.2 Å². The van der Waals surface area contributed by atoms with Gasteiger partial charge in [-0.15, -0.1) is 11.3 Å². The normalized spacial score (nSPS) is 22.8. The zero-order valence-corrected chi connectivity index (χ0v) is 16.6. The second-order valence-corrected chi connectivity index (χ2v) is 8.75. The van der Waals surface area contributed by atoms with Gasteiger partial charge in [-0.3, -0.25) is 4.98 Å². The highest BCUT2D eigenvalue weighted by Crippen LogP contribution is 2.41. The van der Waals surface area contributed by atoms with Crippen LogP contribution in [0.5, 0.6) is 0 Å². The molecule has 0 bridgehead atoms. The Morgan fingerprint density at radius 3 is 2.70 bits per heavy atom. The van der Waals surface area contributed by atoms with Crippen molar-refractivity contribution in [3.05, 3.63) is 35.0 Å². The zero-order chi connectivity index (χ0) is 18.4. The SMILES string of the molecule is CC1CN(c2nc(-c3cccnc3)nc3sc4c(c23)CCCC4)CC(C)O1. The number of hydrogen-bond donors (Lipinski definition) is 0. The lowest BCUT2D eigenvalue weighted by atomic mass is 9.96. The van der Waals surface area contributed by atoms with Crippen molar-refractivity contribution in [3.63, 3.8) is 0 Å². The molecule has 27 heavy (non-hydrogen) atoms. The lowest BCUT2D eigenvalue weighted by Crippen LogP contribution is -2.46. The molecule has 2 aliphatic rings. The third kappa shape index (κ3) is 3.11. The molecule has 1 aliphatic carbocycles. The van der Waals surface area contributed by atoms with Crippen LogP contribution in [0.4, 0.5) is 5.82 Å². The number of nitrogens with zero attached hydrogens (tertiary/aromatic N) is 4. The number of rotatable bonds is 2. The first-order valence-electron chi connectivity index (χ1n) is 9.82. The standard InChI is InChI=1S/C21H24N4OS/c1-13-11-25(12-14(2)26-13)20-18-16-7-3-4-8-17(16)27-21(18)24-19(23-20)15-6-5-9-22-10-15/h5-6,9-10,13-14H,3-4,7-8,11-12H2,1-2H3. The van der Waals surface area contributed by atoms with Gasteiger partial charge in [0.2, 0.25) is 0 Å². The van der Waals surface area contributed by atoms with E-state index in [2.05, 4.69) is 23.7 Å². The van der Waals surface area contributed by atoms with Crippen LogP contribution in [0.1, 0.15) is 37.1 Å². The van der Waals surface area contributed by atoms with Crippen molar-refractivity contribution >= 4 is 27.4 Å². The number of aryl methyl sites for hydroxylation is 2. The van der Waals surface area contributed by atoms with Crippen molar-refractivity contribution in [2.24, 2.45) is 0 Å². The first-order valence-corrected chi connectivity index (χ1v) is 10.6. The number of fused-ring (bicyclic) bond motifs is 3. The third-order valence-corrected chi connectivity index (χ3v) is 6.62. The summed E-state index contributed by atoms with van der Waals surface area (Å²) in [6.07, 6.45) is 8.91. The molecule has 0 saturated carbocycles. The summed E-state index contributed by atoms with van der Waals surface area (Å²) in [4.78, 5) is 19.3. The third-order valence-electron chi connectivity index (χ3n) is 5.43. The van der Waals surface area contributed by atoms with Gasteiger partial charge in [0.1, 0.15) is 10.6 Å². The minimum atomic E-state index is 0.204. The van der Waals surface area contributed by atoms with Crippen molar-refractivity contribution in [2.45, 2.75) is 51.7 Å². The lowest BCUT2D eigenvalue weighted by Gasteiger charge is -2.36. The van der Waals surface area contributed by atoms with Crippen molar-refractivity contribution < 1.29 is 4.74 Å². The van der Waals surface area contributed by atoms with Gasteiger partial charge in [-0.25, -0.2) is 9.97 Å². The van der Waals surface area contributed by atoms with E-state index in [4.69, 9.17) is 14.7 Å². The molecule has 140 valence electrons. The second kappa shape index (κ2) is 6.84. The van der Waals surface area contributed by atoms with Gasteiger partial charge in [0.15, 0.2) is 5.82 Å². The highest BCUT2D eigenvalue weighted by Gasteiger charge is 2.28. The molecule has 3 aromatic heterocycles. The number of pyridine rings is 1. The fourth-order valence-electron chi connectivity index (χ4n) is 4.34. The van der Waals surface area contributed by atoms with E-state index in [1.54, 1.807) is 6.20 Å². The van der Waals surface area contributed by atoms with Crippen molar-refractivity contribution in [1.82, 2.24) is 15.0 Å². The Hall–Kier alpha value is -2.05. The Bertz CT molecular complexity index is 961. The van der Waals surface area contributed by atoms with Crippen molar-refractivity contribution in [2.75, 3.05) is 18.0 Å². The zero-order valence-electron chi connectivity index (χ0n) is 15.8. The first kappa shape index (κ1) is 17.1. The molecule has 0 N–H and O–H groups in total. The summed E-state index contributed by atoms with van der Waals surface area (Å²) in [6, 6.07) is 3.98.